The zero-order valence-corrected chi connectivity index (χ0v) is 13.4. The quantitative estimate of drug-likeness (QED) is 0.926. The topological polar surface area (TPSA) is 43.8 Å². The van der Waals surface area contributed by atoms with Gasteiger partial charge in [-0.15, -0.1) is 0 Å². The Balaban J connectivity index is 2.06. The molecule has 4 heteroatoms. The van der Waals surface area contributed by atoms with E-state index in [-0.39, 0.29) is 5.92 Å². The zero-order valence-electron chi connectivity index (χ0n) is 13.4. The van der Waals surface area contributed by atoms with E-state index < -0.39 is 5.97 Å². The van der Waals surface area contributed by atoms with Crippen molar-refractivity contribution in [2.45, 2.75) is 38.8 Å². The SMILES string of the molecule is CC1CC(C(=O)O)CCN1C(C)c1ccc(N(C)C)cc1. The molecule has 1 aliphatic rings. The number of nitrogens with zero attached hydrogens (tertiary/aromatic N) is 2. The first-order valence-electron chi connectivity index (χ1n) is 7.66. The van der Waals surface area contributed by atoms with Crippen LogP contribution in [0.15, 0.2) is 24.3 Å². The summed E-state index contributed by atoms with van der Waals surface area (Å²) in [5, 5.41) is 9.16. The van der Waals surface area contributed by atoms with Crippen molar-refractivity contribution in [1.82, 2.24) is 4.90 Å². The summed E-state index contributed by atoms with van der Waals surface area (Å²) in [5.74, 6) is -0.830. The van der Waals surface area contributed by atoms with Crippen molar-refractivity contribution in [3.63, 3.8) is 0 Å². The fraction of sp³-hybridized carbons (Fsp3) is 0.588. The molecule has 1 fully saturated rings. The maximum Gasteiger partial charge on any atom is 0.306 e. The number of carboxylic acid groups (broad SMARTS) is 1. The van der Waals surface area contributed by atoms with Crippen molar-refractivity contribution in [3.8, 4) is 0 Å². The first-order chi connectivity index (χ1) is 9.90. The van der Waals surface area contributed by atoms with Crippen LogP contribution in [-0.4, -0.2) is 42.7 Å². The Hall–Kier alpha value is -1.55. The zero-order chi connectivity index (χ0) is 15.6. The number of benzene rings is 1. The molecule has 0 radical (unpaired) electrons. The minimum Gasteiger partial charge on any atom is -0.481 e. The second-order valence-corrected chi connectivity index (χ2v) is 6.31. The molecule has 116 valence electrons. The van der Waals surface area contributed by atoms with Crippen LogP contribution in [0.2, 0.25) is 0 Å². The van der Waals surface area contributed by atoms with Gasteiger partial charge in [0.1, 0.15) is 0 Å². The molecule has 3 unspecified atom stereocenters. The summed E-state index contributed by atoms with van der Waals surface area (Å²) in [5.41, 5.74) is 2.49. The standard InChI is InChI=1S/C17H26N2O2/c1-12-11-15(17(20)21)9-10-19(12)13(2)14-5-7-16(8-6-14)18(3)4/h5-8,12-13,15H,9-11H2,1-4H3,(H,20,21). The first kappa shape index (κ1) is 15.8. The van der Waals surface area contributed by atoms with E-state index in [4.69, 9.17) is 5.11 Å². The predicted molar refractivity (Wildman–Crippen MR) is 85.7 cm³/mol. The molecule has 0 aliphatic carbocycles. The van der Waals surface area contributed by atoms with E-state index in [1.54, 1.807) is 0 Å². The minimum absolute atomic E-state index is 0.181. The second-order valence-electron chi connectivity index (χ2n) is 6.31. The number of anilines is 1. The molecule has 0 saturated carbocycles. The molecule has 1 N–H and O–H groups in total. The summed E-state index contributed by atoms with van der Waals surface area (Å²) in [4.78, 5) is 15.6. The van der Waals surface area contributed by atoms with Crippen LogP contribution < -0.4 is 4.90 Å². The molecule has 3 atom stereocenters. The monoisotopic (exact) mass is 290 g/mol. The summed E-state index contributed by atoms with van der Waals surface area (Å²) in [6.07, 6.45) is 1.50. The van der Waals surface area contributed by atoms with Crippen LogP contribution in [0, 0.1) is 5.92 Å². The lowest BCUT2D eigenvalue weighted by Crippen LogP contribution is -2.43. The average Bonchev–Trinajstić information content (AvgIpc) is 2.46. The molecule has 0 amide bonds. The minimum atomic E-state index is -0.649. The van der Waals surface area contributed by atoms with Gasteiger partial charge in [-0.1, -0.05) is 12.1 Å². The van der Waals surface area contributed by atoms with Gasteiger partial charge in [0, 0.05) is 31.9 Å². The van der Waals surface area contributed by atoms with E-state index in [9.17, 15) is 4.79 Å². The van der Waals surface area contributed by atoms with Crippen LogP contribution in [-0.2, 0) is 4.79 Å². The second kappa shape index (κ2) is 6.48. The lowest BCUT2D eigenvalue weighted by atomic mass is 9.89. The summed E-state index contributed by atoms with van der Waals surface area (Å²) >= 11 is 0. The maximum atomic E-state index is 11.1. The highest BCUT2D eigenvalue weighted by Crippen LogP contribution is 2.31. The Morgan fingerprint density at radius 3 is 2.43 bits per heavy atom. The maximum absolute atomic E-state index is 11.1. The van der Waals surface area contributed by atoms with E-state index in [1.807, 2.05) is 14.1 Å². The van der Waals surface area contributed by atoms with Crippen LogP contribution >= 0.6 is 0 Å². The van der Waals surface area contributed by atoms with Crippen LogP contribution in [0.3, 0.4) is 0 Å². The largest absolute Gasteiger partial charge is 0.481 e. The van der Waals surface area contributed by atoms with Gasteiger partial charge in [0.05, 0.1) is 5.92 Å². The van der Waals surface area contributed by atoms with Crippen LogP contribution in [0.25, 0.3) is 0 Å². The molecule has 21 heavy (non-hydrogen) atoms. The van der Waals surface area contributed by atoms with Crippen molar-refractivity contribution < 1.29 is 9.90 Å². The molecule has 0 bridgehead atoms. The lowest BCUT2D eigenvalue weighted by Gasteiger charge is -2.40. The Morgan fingerprint density at radius 1 is 1.33 bits per heavy atom. The molecule has 2 rings (SSSR count). The number of carbonyl (C=O) groups is 1. The van der Waals surface area contributed by atoms with E-state index in [0.717, 1.165) is 19.4 Å². The molecular weight excluding hydrogens is 264 g/mol. The van der Waals surface area contributed by atoms with Gasteiger partial charge in [-0.05, 0) is 50.9 Å². The van der Waals surface area contributed by atoms with Crippen LogP contribution in [0.1, 0.15) is 38.3 Å². The average molecular weight is 290 g/mol. The van der Waals surface area contributed by atoms with Gasteiger partial charge in [-0.2, -0.15) is 0 Å². The van der Waals surface area contributed by atoms with Gasteiger partial charge in [-0.25, -0.2) is 0 Å². The lowest BCUT2D eigenvalue weighted by molar-refractivity contribution is -0.144. The molecule has 1 aromatic carbocycles. The summed E-state index contributed by atoms with van der Waals surface area (Å²) < 4.78 is 0. The Bertz CT molecular complexity index is 484. The van der Waals surface area contributed by atoms with Gasteiger partial charge in [0.25, 0.3) is 0 Å². The van der Waals surface area contributed by atoms with E-state index in [2.05, 4.69) is 47.9 Å². The van der Waals surface area contributed by atoms with Gasteiger partial charge < -0.3 is 10.0 Å². The smallest absolute Gasteiger partial charge is 0.306 e. The number of hydrogen-bond acceptors (Lipinski definition) is 3. The number of carboxylic acids is 1. The number of piperidine rings is 1. The predicted octanol–water partition coefficient (Wildman–Crippen LogP) is 3.00. The van der Waals surface area contributed by atoms with E-state index >= 15 is 0 Å². The molecule has 1 aromatic rings. The fourth-order valence-corrected chi connectivity index (χ4v) is 3.23. The third-order valence-electron chi connectivity index (χ3n) is 4.67. The Kier molecular flexibility index (Phi) is 4.88. The van der Waals surface area contributed by atoms with Gasteiger partial charge in [0.2, 0.25) is 0 Å². The highest BCUT2D eigenvalue weighted by molar-refractivity contribution is 5.70. The summed E-state index contributed by atoms with van der Waals surface area (Å²) in [7, 11) is 4.08. The normalized spacial score (nSPS) is 24.6. The van der Waals surface area contributed by atoms with Gasteiger partial charge >= 0.3 is 5.97 Å². The molecule has 1 saturated heterocycles. The Labute approximate surface area is 127 Å². The van der Waals surface area contributed by atoms with Gasteiger partial charge in [-0.3, -0.25) is 9.69 Å². The first-order valence-corrected chi connectivity index (χ1v) is 7.66. The highest BCUT2D eigenvalue weighted by atomic mass is 16.4. The van der Waals surface area contributed by atoms with Crippen molar-refractivity contribution in [2.24, 2.45) is 5.92 Å². The molecule has 4 nitrogen and oxygen atoms in total. The van der Waals surface area contributed by atoms with Crippen molar-refractivity contribution in [2.75, 3.05) is 25.5 Å². The number of aliphatic carboxylic acids is 1. The van der Waals surface area contributed by atoms with Crippen LogP contribution in [0.4, 0.5) is 5.69 Å². The van der Waals surface area contributed by atoms with Crippen molar-refractivity contribution >= 4 is 11.7 Å². The van der Waals surface area contributed by atoms with Gasteiger partial charge in [0.15, 0.2) is 0 Å². The molecular formula is C17H26N2O2. The number of hydrogen-bond donors (Lipinski definition) is 1. The molecule has 1 aliphatic heterocycles. The summed E-state index contributed by atoms with van der Waals surface area (Å²) in [6, 6.07) is 9.27. The molecule has 1 heterocycles. The van der Waals surface area contributed by atoms with E-state index in [0.29, 0.717) is 12.1 Å². The van der Waals surface area contributed by atoms with Crippen molar-refractivity contribution in [1.29, 1.82) is 0 Å². The van der Waals surface area contributed by atoms with Crippen LogP contribution in [0.5, 0.6) is 0 Å². The number of likely N-dealkylation sites (tertiary alicyclic amines) is 1. The van der Waals surface area contributed by atoms with Crippen molar-refractivity contribution in [3.05, 3.63) is 29.8 Å². The third-order valence-corrected chi connectivity index (χ3v) is 4.67. The Morgan fingerprint density at radius 2 is 1.95 bits per heavy atom. The van der Waals surface area contributed by atoms with E-state index in [1.165, 1.54) is 11.3 Å². The third kappa shape index (κ3) is 3.56. The summed E-state index contributed by atoms with van der Waals surface area (Å²) in [6.45, 7) is 5.21. The fourth-order valence-electron chi connectivity index (χ4n) is 3.23. The molecule has 0 aromatic heterocycles. The highest BCUT2D eigenvalue weighted by Gasteiger charge is 2.32. The molecule has 0 spiro atoms. The number of rotatable bonds is 4.